The first kappa shape index (κ1) is 17.9. The zero-order valence-corrected chi connectivity index (χ0v) is 13.6. The van der Waals surface area contributed by atoms with Gasteiger partial charge in [0.1, 0.15) is 5.82 Å². The Kier molecular flexibility index (Phi) is 4.92. The maximum atomic E-state index is 13.2. The fourth-order valence-electron chi connectivity index (χ4n) is 2.68. The standard InChI is InChI=1S/C18H15F4N3O/c19-13-7-5-12(6-8-13)11-16(26)23-9-10-25-15-4-2-1-3-14(15)24-17(25)18(20,21)22/h1-8H,9-11H2,(H,23,26). The maximum Gasteiger partial charge on any atom is 0.449 e. The predicted molar refractivity (Wildman–Crippen MR) is 87.8 cm³/mol. The minimum atomic E-state index is -4.59. The maximum absolute atomic E-state index is 13.2. The first-order valence-corrected chi connectivity index (χ1v) is 7.88. The molecule has 1 heterocycles. The van der Waals surface area contributed by atoms with Crippen LogP contribution >= 0.6 is 0 Å². The number of imidazole rings is 1. The predicted octanol–water partition coefficient (Wildman–Crippen LogP) is 3.55. The van der Waals surface area contributed by atoms with Gasteiger partial charge in [-0.3, -0.25) is 4.79 Å². The summed E-state index contributed by atoms with van der Waals surface area (Å²) in [5, 5.41) is 2.58. The van der Waals surface area contributed by atoms with Crippen molar-refractivity contribution in [1.29, 1.82) is 0 Å². The molecule has 0 bridgehead atoms. The van der Waals surface area contributed by atoms with Crippen molar-refractivity contribution in [2.45, 2.75) is 19.1 Å². The average Bonchev–Trinajstić information content (AvgIpc) is 2.96. The largest absolute Gasteiger partial charge is 0.449 e. The van der Waals surface area contributed by atoms with Crippen LogP contribution in [-0.2, 0) is 23.9 Å². The quantitative estimate of drug-likeness (QED) is 0.703. The molecule has 0 aliphatic heterocycles. The number of para-hydroxylation sites is 2. The summed E-state index contributed by atoms with van der Waals surface area (Å²) < 4.78 is 53.5. The van der Waals surface area contributed by atoms with E-state index in [1.807, 2.05) is 0 Å². The highest BCUT2D eigenvalue weighted by Crippen LogP contribution is 2.31. The number of nitrogens with one attached hydrogen (secondary N) is 1. The van der Waals surface area contributed by atoms with Crippen molar-refractivity contribution in [3.8, 4) is 0 Å². The zero-order chi connectivity index (χ0) is 18.7. The Balaban J connectivity index is 1.67. The smallest absolute Gasteiger partial charge is 0.354 e. The molecule has 1 aromatic heterocycles. The second-order valence-electron chi connectivity index (χ2n) is 5.73. The minimum absolute atomic E-state index is 0.0173. The van der Waals surface area contributed by atoms with Gasteiger partial charge >= 0.3 is 6.18 Å². The number of benzene rings is 2. The van der Waals surface area contributed by atoms with Crippen molar-refractivity contribution in [2.75, 3.05) is 6.54 Å². The van der Waals surface area contributed by atoms with Crippen molar-refractivity contribution >= 4 is 16.9 Å². The topological polar surface area (TPSA) is 46.9 Å². The van der Waals surface area contributed by atoms with E-state index in [1.54, 1.807) is 18.2 Å². The molecule has 1 N–H and O–H groups in total. The van der Waals surface area contributed by atoms with Gasteiger partial charge in [-0.15, -0.1) is 0 Å². The second kappa shape index (κ2) is 7.15. The number of amides is 1. The van der Waals surface area contributed by atoms with Gasteiger partial charge < -0.3 is 9.88 Å². The van der Waals surface area contributed by atoms with Gasteiger partial charge in [-0.25, -0.2) is 9.37 Å². The molecule has 26 heavy (non-hydrogen) atoms. The number of fused-ring (bicyclic) bond motifs is 1. The Morgan fingerprint density at radius 3 is 2.46 bits per heavy atom. The molecule has 0 atom stereocenters. The van der Waals surface area contributed by atoms with Gasteiger partial charge in [-0.1, -0.05) is 24.3 Å². The summed E-state index contributed by atoms with van der Waals surface area (Å²) in [6.45, 7) is -0.0476. The van der Waals surface area contributed by atoms with Gasteiger partial charge in [-0.2, -0.15) is 13.2 Å². The molecule has 0 aliphatic carbocycles. The van der Waals surface area contributed by atoms with Gasteiger partial charge in [0.15, 0.2) is 0 Å². The van der Waals surface area contributed by atoms with Gasteiger partial charge in [-0.05, 0) is 29.8 Å². The summed E-state index contributed by atoms with van der Waals surface area (Å²) in [4.78, 5) is 15.6. The monoisotopic (exact) mass is 365 g/mol. The Bertz CT molecular complexity index is 916. The van der Waals surface area contributed by atoms with E-state index in [0.717, 1.165) is 4.57 Å². The number of aromatic nitrogens is 2. The third kappa shape index (κ3) is 4.01. The summed E-state index contributed by atoms with van der Waals surface area (Å²) in [6.07, 6.45) is -4.56. The molecule has 0 fully saturated rings. The number of carbonyl (C=O) groups excluding carboxylic acids is 1. The molecule has 0 saturated heterocycles. The molecule has 0 spiro atoms. The highest BCUT2D eigenvalue weighted by atomic mass is 19.4. The normalized spacial score (nSPS) is 11.7. The molecular weight excluding hydrogens is 350 g/mol. The summed E-state index contributed by atoms with van der Waals surface area (Å²) >= 11 is 0. The van der Waals surface area contributed by atoms with Crippen molar-refractivity contribution in [3.63, 3.8) is 0 Å². The highest BCUT2D eigenvalue weighted by molar-refractivity contribution is 5.78. The molecular formula is C18H15F4N3O. The fourth-order valence-corrected chi connectivity index (χ4v) is 2.68. The van der Waals surface area contributed by atoms with Crippen LogP contribution in [0.15, 0.2) is 48.5 Å². The van der Waals surface area contributed by atoms with E-state index in [-0.39, 0.29) is 30.9 Å². The third-order valence-electron chi connectivity index (χ3n) is 3.84. The van der Waals surface area contributed by atoms with Crippen LogP contribution in [0.3, 0.4) is 0 Å². The SMILES string of the molecule is O=C(Cc1ccc(F)cc1)NCCn1c(C(F)(F)F)nc2ccccc21. The van der Waals surface area contributed by atoms with Gasteiger partial charge in [0, 0.05) is 13.1 Å². The van der Waals surface area contributed by atoms with E-state index in [1.165, 1.54) is 30.3 Å². The first-order valence-electron chi connectivity index (χ1n) is 7.88. The van der Waals surface area contributed by atoms with E-state index in [2.05, 4.69) is 10.3 Å². The lowest BCUT2D eigenvalue weighted by Crippen LogP contribution is -2.29. The van der Waals surface area contributed by atoms with Crippen LogP contribution in [0.1, 0.15) is 11.4 Å². The molecule has 8 heteroatoms. The summed E-state index contributed by atoms with van der Waals surface area (Å²) in [5.41, 5.74) is 1.22. The molecule has 0 aliphatic rings. The highest BCUT2D eigenvalue weighted by Gasteiger charge is 2.37. The Morgan fingerprint density at radius 2 is 1.77 bits per heavy atom. The van der Waals surface area contributed by atoms with Crippen molar-refractivity contribution < 1.29 is 22.4 Å². The van der Waals surface area contributed by atoms with Gasteiger partial charge in [0.2, 0.25) is 11.7 Å². The van der Waals surface area contributed by atoms with Crippen LogP contribution in [0, 0.1) is 5.82 Å². The van der Waals surface area contributed by atoms with Crippen LogP contribution in [0.25, 0.3) is 11.0 Å². The Labute approximate surface area is 146 Å². The molecule has 136 valence electrons. The van der Waals surface area contributed by atoms with E-state index >= 15 is 0 Å². The summed E-state index contributed by atoms with van der Waals surface area (Å²) in [7, 11) is 0. The molecule has 0 saturated carbocycles. The van der Waals surface area contributed by atoms with E-state index in [4.69, 9.17) is 0 Å². The summed E-state index contributed by atoms with van der Waals surface area (Å²) in [5.74, 6) is -1.75. The lowest BCUT2D eigenvalue weighted by Gasteiger charge is -2.12. The van der Waals surface area contributed by atoms with Crippen LogP contribution in [0.5, 0.6) is 0 Å². The Morgan fingerprint density at radius 1 is 1.08 bits per heavy atom. The zero-order valence-electron chi connectivity index (χ0n) is 13.6. The number of halogens is 4. The summed E-state index contributed by atoms with van der Waals surface area (Å²) in [6, 6.07) is 11.8. The van der Waals surface area contributed by atoms with Crippen LogP contribution < -0.4 is 5.32 Å². The van der Waals surface area contributed by atoms with Gasteiger partial charge in [0.25, 0.3) is 0 Å². The number of carbonyl (C=O) groups is 1. The van der Waals surface area contributed by atoms with Crippen molar-refractivity contribution in [1.82, 2.24) is 14.9 Å². The van der Waals surface area contributed by atoms with Crippen LogP contribution in [0.4, 0.5) is 17.6 Å². The molecule has 0 radical (unpaired) electrons. The van der Waals surface area contributed by atoms with E-state index in [0.29, 0.717) is 11.1 Å². The number of hydrogen-bond donors (Lipinski definition) is 1. The Hall–Kier alpha value is -2.90. The molecule has 3 aromatic rings. The molecule has 0 unspecified atom stereocenters. The van der Waals surface area contributed by atoms with E-state index in [9.17, 15) is 22.4 Å². The fraction of sp³-hybridized carbons (Fsp3) is 0.222. The van der Waals surface area contributed by atoms with Crippen LogP contribution in [-0.4, -0.2) is 22.0 Å². The molecule has 1 amide bonds. The lowest BCUT2D eigenvalue weighted by molar-refractivity contribution is -0.146. The average molecular weight is 365 g/mol. The molecule has 3 rings (SSSR count). The van der Waals surface area contributed by atoms with Crippen LogP contribution in [0.2, 0.25) is 0 Å². The first-order chi connectivity index (χ1) is 12.3. The number of rotatable bonds is 5. The molecule has 2 aromatic carbocycles. The lowest BCUT2D eigenvalue weighted by atomic mass is 10.1. The van der Waals surface area contributed by atoms with Gasteiger partial charge in [0.05, 0.1) is 17.5 Å². The van der Waals surface area contributed by atoms with E-state index < -0.39 is 17.8 Å². The third-order valence-corrected chi connectivity index (χ3v) is 3.84. The van der Waals surface area contributed by atoms with Crippen molar-refractivity contribution in [3.05, 3.63) is 65.7 Å². The minimum Gasteiger partial charge on any atom is -0.354 e. The molecule has 4 nitrogen and oxygen atoms in total. The number of nitrogens with zero attached hydrogens (tertiary/aromatic N) is 2. The second-order valence-corrected chi connectivity index (χ2v) is 5.73. The van der Waals surface area contributed by atoms with Crippen molar-refractivity contribution in [2.24, 2.45) is 0 Å². The number of alkyl halides is 3. The number of hydrogen-bond acceptors (Lipinski definition) is 2.